The lowest BCUT2D eigenvalue weighted by atomic mass is 10.0. The third-order valence-corrected chi connectivity index (χ3v) is 7.24. The van der Waals surface area contributed by atoms with Crippen molar-refractivity contribution in [1.82, 2.24) is 14.6 Å². The van der Waals surface area contributed by atoms with E-state index in [0.717, 1.165) is 30.5 Å². The van der Waals surface area contributed by atoms with Crippen molar-refractivity contribution in [3.63, 3.8) is 0 Å². The molecule has 0 fully saturated rings. The number of rotatable bonds is 9. The molecule has 1 aliphatic rings. The number of pyridine rings is 1. The van der Waals surface area contributed by atoms with Gasteiger partial charge in [0.25, 0.3) is 10.0 Å². The molecule has 0 saturated heterocycles. The van der Waals surface area contributed by atoms with E-state index in [4.69, 9.17) is 0 Å². The van der Waals surface area contributed by atoms with E-state index in [0.29, 0.717) is 24.4 Å². The summed E-state index contributed by atoms with van der Waals surface area (Å²) in [5.74, 6) is 0.454. The van der Waals surface area contributed by atoms with Crippen LogP contribution >= 0.6 is 0 Å². The van der Waals surface area contributed by atoms with E-state index >= 15 is 0 Å². The predicted octanol–water partition coefficient (Wildman–Crippen LogP) is 3.93. The molecule has 1 aromatic heterocycles. The number of nitrogens with zero attached hydrogens (tertiary/aromatic N) is 3. The molecule has 0 radical (unpaired) electrons. The normalized spacial score (nSPS) is 16.0. The van der Waals surface area contributed by atoms with Crippen molar-refractivity contribution in [2.24, 2.45) is 4.99 Å². The number of fused-ring (bicyclic) bond motifs is 1. The average molecular weight is 477 g/mol. The van der Waals surface area contributed by atoms with Gasteiger partial charge in [0, 0.05) is 31.8 Å². The van der Waals surface area contributed by atoms with E-state index in [-0.39, 0.29) is 16.8 Å². The van der Waals surface area contributed by atoms with Crippen LogP contribution in [0.4, 0.5) is 0 Å². The van der Waals surface area contributed by atoms with Crippen molar-refractivity contribution < 1.29 is 13.2 Å². The number of carbonyl (C=O) groups excluding carboxylic acids is 1. The molecule has 176 valence electrons. The van der Waals surface area contributed by atoms with Crippen LogP contribution in [0, 0.1) is 0 Å². The van der Waals surface area contributed by atoms with E-state index < -0.39 is 10.0 Å². The molecule has 2 aromatic carbocycles. The molecule has 0 saturated carbocycles. The molecule has 34 heavy (non-hydrogen) atoms. The highest BCUT2D eigenvalue weighted by Crippen LogP contribution is 2.27. The lowest BCUT2D eigenvalue weighted by Crippen LogP contribution is -2.32. The summed E-state index contributed by atoms with van der Waals surface area (Å²) in [4.78, 5) is 23.9. The van der Waals surface area contributed by atoms with Crippen molar-refractivity contribution in [3.8, 4) is 0 Å². The van der Waals surface area contributed by atoms with E-state index in [9.17, 15) is 13.2 Å². The Morgan fingerprint density at radius 1 is 0.971 bits per heavy atom. The Labute approximate surface area is 200 Å². The molecule has 3 aromatic rings. The maximum Gasteiger partial charge on any atom is 0.263 e. The SMILES string of the molecule is CN(C(=O)CCCCCN=C1NS(=O)(=O)c2ccccc21)C(c1ccccc1)c1ccccn1. The van der Waals surface area contributed by atoms with Gasteiger partial charge in [0.2, 0.25) is 5.91 Å². The zero-order valence-electron chi connectivity index (χ0n) is 19.1. The highest BCUT2D eigenvalue weighted by atomic mass is 32.2. The van der Waals surface area contributed by atoms with Crippen molar-refractivity contribution in [3.05, 3.63) is 95.8 Å². The molecule has 1 aliphatic heterocycles. The van der Waals surface area contributed by atoms with Gasteiger partial charge in [-0.05, 0) is 42.7 Å². The van der Waals surface area contributed by atoms with Crippen LogP contribution in [0.15, 0.2) is 88.9 Å². The Balaban J connectivity index is 1.30. The average Bonchev–Trinajstić information content (AvgIpc) is 3.12. The summed E-state index contributed by atoms with van der Waals surface area (Å²) < 4.78 is 26.8. The van der Waals surface area contributed by atoms with Crippen molar-refractivity contribution in [1.29, 1.82) is 0 Å². The summed E-state index contributed by atoms with van der Waals surface area (Å²) in [6.07, 6.45) is 4.50. The third kappa shape index (κ3) is 5.34. The maximum absolute atomic E-state index is 13.0. The summed E-state index contributed by atoms with van der Waals surface area (Å²) in [5, 5.41) is 0. The first kappa shape index (κ1) is 23.6. The van der Waals surface area contributed by atoms with E-state index in [1.165, 1.54) is 0 Å². The van der Waals surface area contributed by atoms with Gasteiger partial charge in [0.15, 0.2) is 0 Å². The minimum atomic E-state index is -3.51. The number of amides is 1. The van der Waals surface area contributed by atoms with Crippen molar-refractivity contribution in [2.45, 2.75) is 36.6 Å². The topological polar surface area (TPSA) is 91.7 Å². The Morgan fingerprint density at radius 2 is 1.71 bits per heavy atom. The summed E-state index contributed by atoms with van der Waals surface area (Å²) in [6.45, 7) is 0.497. The molecule has 8 heteroatoms. The molecule has 0 aliphatic carbocycles. The number of hydrogen-bond acceptors (Lipinski definition) is 5. The second kappa shape index (κ2) is 10.6. The first-order valence-electron chi connectivity index (χ1n) is 11.4. The molecule has 0 spiro atoms. The van der Waals surface area contributed by atoms with Crippen LogP contribution in [-0.4, -0.2) is 43.6 Å². The van der Waals surface area contributed by atoms with Crippen LogP contribution in [0.2, 0.25) is 0 Å². The van der Waals surface area contributed by atoms with Gasteiger partial charge in [0.1, 0.15) is 5.84 Å². The summed E-state index contributed by atoms with van der Waals surface area (Å²) >= 11 is 0. The molecule has 1 N–H and O–H groups in total. The number of nitrogens with one attached hydrogen (secondary N) is 1. The van der Waals surface area contributed by atoms with Crippen LogP contribution in [0.5, 0.6) is 0 Å². The molecule has 0 bridgehead atoms. The molecule has 1 atom stereocenters. The molecule has 4 rings (SSSR count). The van der Waals surface area contributed by atoms with Gasteiger partial charge in [-0.2, -0.15) is 0 Å². The number of hydrogen-bond donors (Lipinski definition) is 1. The highest BCUT2D eigenvalue weighted by Gasteiger charge is 2.30. The van der Waals surface area contributed by atoms with Gasteiger partial charge in [-0.15, -0.1) is 0 Å². The van der Waals surface area contributed by atoms with Gasteiger partial charge >= 0.3 is 0 Å². The highest BCUT2D eigenvalue weighted by molar-refractivity contribution is 7.90. The summed E-state index contributed by atoms with van der Waals surface area (Å²) in [6, 6.07) is 22.2. The van der Waals surface area contributed by atoms with Gasteiger partial charge in [-0.3, -0.25) is 19.5 Å². The van der Waals surface area contributed by atoms with Crippen LogP contribution in [-0.2, 0) is 14.8 Å². The minimum absolute atomic E-state index is 0.0586. The molecule has 2 heterocycles. The number of sulfonamides is 1. The minimum Gasteiger partial charge on any atom is -0.333 e. The lowest BCUT2D eigenvalue weighted by molar-refractivity contribution is -0.131. The summed E-state index contributed by atoms with van der Waals surface area (Å²) in [7, 11) is -1.69. The zero-order valence-corrected chi connectivity index (χ0v) is 19.9. The first-order chi connectivity index (χ1) is 16.5. The Bertz CT molecular complexity index is 1220. The summed E-state index contributed by atoms with van der Waals surface area (Å²) in [5.41, 5.74) is 2.47. The van der Waals surface area contributed by atoms with Gasteiger partial charge in [-0.25, -0.2) is 8.42 Å². The van der Waals surface area contributed by atoms with E-state index in [2.05, 4.69) is 14.7 Å². The molecule has 1 amide bonds. The van der Waals surface area contributed by atoms with Gasteiger partial charge < -0.3 is 4.90 Å². The fourth-order valence-corrected chi connectivity index (χ4v) is 5.34. The number of unbranched alkanes of at least 4 members (excludes halogenated alkanes) is 2. The van der Waals surface area contributed by atoms with Gasteiger partial charge in [0.05, 0.1) is 16.6 Å². The molecule has 1 unspecified atom stereocenters. The van der Waals surface area contributed by atoms with Crippen LogP contribution in [0.25, 0.3) is 0 Å². The Hall–Kier alpha value is -3.52. The molecular weight excluding hydrogens is 448 g/mol. The maximum atomic E-state index is 13.0. The lowest BCUT2D eigenvalue weighted by Gasteiger charge is -2.28. The number of amidine groups is 1. The fraction of sp³-hybridized carbons (Fsp3) is 0.269. The number of aliphatic imine (C=N–C) groups is 1. The first-order valence-corrected chi connectivity index (χ1v) is 12.8. The van der Waals surface area contributed by atoms with Gasteiger partial charge in [-0.1, -0.05) is 55.0 Å². The Morgan fingerprint density at radius 3 is 2.47 bits per heavy atom. The second-order valence-electron chi connectivity index (χ2n) is 8.22. The van der Waals surface area contributed by atoms with E-state index in [1.807, 2.05) is 55.6 Å². The van der Waals surface area contributed by atoms with Crippen LogP contribution < -0.4 is 4.72 Å². The predicted molar refractivity (Wildman–Crippen MR) is 132 cm³/mol. The quantitative estimate of drug-likeness (QED) is 0.474. The van der Waals surface area contributed by atoms with Crippen molar-refractivity contribution >= 4 is 21.8 Å². The van der Waals surface area contributed by atoms with Crippen molar-refractivity contribution in [2.75, 3.05) is 13.6 Å². The number of aromatic nitrogens is 1. The number of benzene rings is 2. The standard InChI is InChI=1S/C26H28N4O3S/c1-30(25(20-12-4-2-5-13-20)22-15-9-11-18-27-22)24(31)17-6-3-10-19-28-26-21-14-7-8-16-23(21)34(32,33)29-26/h2,4-5,7-9,11-16,18,25H,3,6,10,17,19H2,1H3,(H,28,29). The number of carbonyl (C=O) groups is 1. The van der Waals surface area contributed by atoms with Crippen LogP contribution in [0.1, 0.15) is 48.5 Å². The third-order valence-electron chi connectivity index (χ3n) is 5.85. The molecule has 7 nitrogen and oxygen atoms in total. The Kier molecular flexibility index (Phi) is 7.37. The molecular formula is C26H28N4O3S. The smallest absolute Gasteiger partial charge is 0.263 e. The monoisotopic (exact) mass is 476 g/mol. The largest absolute Gasteiger partial charge is 0.333 e. The van der Waals surface area contributed by atoms with E-state index in [1.54, 1.807) is 35.4 Å². The second-order valence-corrected chi connectivity index (χ2v) is 9.87. The van der Waals surface area contributed by atoms with Crippen LogP contribution in [0.3, 0.4) is 0 Å². The fourth-order valence-electron chi connectivity index (χ4n) is 4.09. The zero-order chi connectivity index (χ0) is 24.0.